The quantitative estimate of drug-likeness (QED) is 0.0320. The van der Waals surface area contributed by atoms with E-state index in [9.17, 15) is 19.8 Å². The first-order valence-electron chi connectivity index (χ1n) is 32.3. The number of nitrogens with one attached hydrogen (secondary N) is 1. The topological polar surface area (TPSA) is 95.9 Å². The summed E-state index contributed by atoms with van der Waals surface area (Å²) in [5.74, 6) is -0.0856. The molecule has 3 N–H and O–H groups in total. The third-order valence-corrected chi connectivity index (χ3v) is 14.9. The van der Waals surface area contributed by atoms with E-state index >= 15 is 0 Å². The molecule has 0 saturated carbocycles. The third-order valence-electron chi connectivity index (χ3n) is 14.9. The Morgan fingerprint density at radius 3 is 0.986 bits per heavy atom. The molecule has 0 radical (unpaired) electrons. The number of carbonyl (C=O) groups excluding carboxylic acids is 2. The first-order chi connectivity index (χ1) is 35.5. The maximum Gasteiger partial charge on any atom is 0.305 e. The van der Waals surface area contributed by atoms with Gasteiger partial charge in [0.2, 0.25) is 5.91 Å². The zero-order valence-electron chi connectivity index (χ0n) is 48.4. The number of rotatable bonds is 60. The van der Waals surface area contributed by atoms with E-state index in [1.807, 2.05) is 6.08 Å². The molecule has 0 rings (SSSR count). The largest absolute Gasteiger partial charge is 0.466 e. The molecular weight excluding hydrogens is 887 g/mol. The van der Waals surface area contributed by atoms with E-state index < -0.39 is 12.1 Å². The van der Waals surface area contributed by atoms with E-state index in [1.165, 1.54) is 257 Å². The Labute approximate surface area is 449 Å². The number of allylic oxidation sites excluding steroid dienone is 5. The lowest BCUT2D eigenvalue weighted by Crippen LogP contribution is -2.45. The lowest BCUT2D eigenvalue weighted by Gasteiger charge is -2.20. The summed E-state index contributed by atoms with van der Waals surface area (Å²) >= 11 is 0. The molecule has 0 aliphatic heterocycles. The van der Waals surface area contributed by atoms with Crippen molar-refractivity contribution in [3.05, 3.63) is 36.5 Å². The summed E-state index contributed by atoms with van der Waals surface area (Å²) in [6, 6.07) is -0.640. The van der Waals surface area contributed by atoms with Gasteiger partial charge in [0.15, 0.2) is 0 Å². The minimum atomic E-state index is -0.855. The summed E-state index contributed by atoms with van der Waals surface area (Å²) in [7, 11) is 0. The van der Waals surface area contributed by atoms with E-state index in [0.29, 0.717) is 19.4 Å². The molecule has 0 aromatic heterocycles. The molecule has 6 heteroatoms. The number of aliphatic hydroxyl groups excluding tert-OH is 2. The molecule has 0 fully saturated rings. The monoisotopic (exact) mass is 1010 g/mol. The van der Waals surface area contributed by atoms with Crippen LogP contribution in [0.1, 0.15) is 348 Å². The van der Waals surface area contributed by atoms with Crippen LogP contribution < -0.4 is 5.32 Å². The van der Waals surface area contributed by atoms with Crippen LogP contribution in [0, 0.1) is 0 Å². The molecule has 0 aromatic rings. The van der Waals surface area contributed by atoms with E-state index in [-0.39, 0.29) is 18.5 Å². The van der Waals surface area contributed by atoms with Gasteiger partial charge in [0, 0.05) is 12.8 Å². The molecule has 6 nitrogen and oxygen atoms in total. The summed E-state index contributed by atoms with van der Waals surface area (Å²) in [6.07, 6.45) is 77.6. The number of hydrogen-bond acceptors (Lipinski definition) is 5. The standard InChI is InChI=1S/C66H125NO5/c1-3-5-7-9-11-13-15-17-19-20-21-22-23-24-25-28-31-34-38-42-46-50-54-58-64(69)63(62-68)67-65(70)59-55-51-47-43-39-35-32-29-26-27-30-33-37-41-45-49-53-57-61-72-66(71)60-56-52-48-44-40-36-18-16-14-12-10-8-6-4-2/h16,18,29,32,54,58,63-64,68-69H,3-15,17,19-28,30-31,33-53,55-57,59-62H2,1-2H3,(H,67,70)/b18-16-,32-29-,58-54+. The van der Waals surface area contributed by atoms with Crippen molar-refractivity contribution in [1.29, 1.82) is 0 Å². The van der Waals surface area contributed by atoms with Gasteiger partial charge >= 0.3 is 5.97 Å². The highest BCUT2D eigenvalue weighted by Crippen LogP contribution is 2.17. The summed E-state index contributed by atoms with van der Waals surface area (Å²) in [6.45, 7) is 4.90. The highest BCUT2D eigenvalue weighted by molar-refractivity contribution is 5.76. The fourth-order valence-electron chi connectivity index (χ4n) is 9.92. The van der Waals surface area contributed by atoms with Gasteiger partial charge in [-0.1, -0.05) is 288 Å². The van der Waals surface area contributed by atoms with Crippen LogP contribution in [0.15, 0.2) is 36.5 Å². The van der Waals surface area contributed by atoms with Crippen molar-refractivity contribution < 1.29 is 24.5 Å². The zero-order chi connectivity index (χ0) is 52.2. The van der Waals surface area contributed by atoms with Gasteiger partial charge in [0.05, 0.1) is 25.4 Å². The lowest BCUT2D eigenvalue weighted by atomic mass is 10.0. The number of esters is 1. The minimum absolute atomic E-state index is 0.00608. The Balaban J connectivity index is 3.48. The van der Waals surface area contributed by atoms with E-state index in [0.717, 1.165) is 64.2 Å². The van der Waals surface area contributed by atoms with Gasteiger partial charge in [-0.25, -0.2) is 0 Å². The number of carbonyl (C=O) groups is 2. The van der Waals surface area contributed by atoms with Crippen molar-refractivity contribution >= 4 is 11.9 Å². The second kappa shape index (κ2) is 61.6. The first-order valence-corrected chi connectivity index (χ1v) is 32.3. The Morgan fingerprint density at radius 2 is 0.653 bits per heavy atom. The minimum Gasteiger partial charge on any atom is -0.466 e. The predicted molar refractivity (Wildman–Crippen MR) is 315 cm³/mol. The van der Waals surface area contributed by atoms with Crippen molar-refractivity contribution in [3.8, 4) is 0 Å². The molecule has 424 valence electrons. The predicted octanol–water partition coefficient (Wildman–Crippen LogP) is 20.4. The maximum absolute atomic E-state index is 12.5. The zero-order valence-corrected chi connectivity index (χ0v) is 48.4. The second-order valence-corrected chi connectivity index (χ2v) is 22.1. The van der Waals surface area contributed by atoms with E-state index in [1.54, 1.807) is 6.08 Å². The van der Waals surface area contributed by atoms with Crippen LogP contribution in [0.4, 0.5) is 0 Å². The SMILES string of the molecule is CCCCCCC/C=C\CCCCCCCC(=O)OCCCCCCCCCCC/C=C\CCCCCCCC(=O)NC(CO)C(O)/C=C/CCCCCCCCCCCCCCCCCCCCCCC. The lowest BCUT2D eigenvalue weighted by molar-refractivity contribution is -0.143. The summed E-state index contributed by atoms with van der Waals surface area (Å²) < 4.78 is 5.47. The number of ether oxygens (including phenoxy) is 1. The van der Waals surface area contributed by atoms with Crippen molar-refractivity contribution in [2.45, 2.75) is 360 Å². The van der Waals surface area contributed by atoms with Crippen LogP contribution in [0.2, 0.25) is 0 Å². The van der Waals surface area contributed by atoms with Gasteiger partial charge < -0.3 is 20.3 Å². The Bertz CT molecular complexity index is 1170. The molecule has 2 unspecified atom stereocenters. The highest BCUT2D eigenvalue weighted by atomic mass is 16.5. The van der Waals surface area contributed by atoms with E-state index in [2.05, 4.69) is 43.5 Å². The van der Waals surface area contributed by atoms with Gasteiger partial charge in [-0.2, -0.15) is 0 Å². The Kier molecular flexibility index (Phi) is 60.0. The van der Waals surface area contributed by atoms with Gasteiger partial charge in [0.25, 0.3) is 0 Å². The molecular formula is C66H125NO5. The fraction of sp³-hybridized carbons (Fsp3) is 0.879. The second-order valence-electron chi connectivity index (χ2n) is 22.1. The summed E-state index contributed by atoms with van der Waals surface area (Å²) in [4.78, 5) is 24.5. The summed E-state index contributed by atoms with van der Waals surface area (Å²) in [5, 5.41) is 23.2. The van der Waals surface area contributed by atoms with Crippen LogP contribution in [0.25, 0.3) is 0 Å². The number of hydrogen-bond donors (Lipinski definition) is 3. The first kappa shape index (κ1) is 70.1. The highest BCUT2D eigenvalue weighted by Gasteiger charge is 2.18. The number of amides is 1. The van der Waals surface area contributed by atoms with Gasteiger partial charge in [-0.15, -0.1) is 0 Å². The smallest absolute Gasteiger partial charge is 0.305 e. The molecule has 0 saturated heterocycles. The third kappa shape index (κ3) is 57.4. The molecule has 0 bridgehead atoms. The van der Waals surface area contributed by atoms with Crippen molar-refractivity contribution in [1.82, 2.24) is 5.32 Å². The number of aliphatic hydroxyl groups is 2. The Hall–Kier alpha value is -1.92. The van der Waals surface area contributed by atoms with Crippen molar-refractivity contribution in [3.63, 3.8) is 0 Å². The fourth-order valence-corrected chi connectivity index (χ4v) is 9.92. The van der Waals surface area contributed by atoms with Gasteiger partial charge in [0.1, 0.15) is 0 Å². The van der Waals surface area contributed by atoms with Crippen LogP contribution in [0.3, 0.4) is 0 Å². The molecule has 0 aromatic carbocycles. The molecule has 0 aliphatic rings. The Morgan fingerprint density at radius 1 is 0.375 bits per heavy atom. The molecule has 2 atom stereocenters. The van der Waals surface area contributed by atoms with Crippen molar-refractivity contribution in [2.75, 3.05) is 13.2 Å². The van der Waals surface area contributed by atoms with Crippen LogP contribution >= 0.6 is 0 Å². The molecule has 0 aliphatic carbocycles. The van der Waals surface area contributed by atoms with E-state index in [4.69, 9.17) is 4.74 Å². The maximum atomic E-state index is 12.5. The van der Waals surface area contributed by atoms with Crippen LogP contribution in [0.5, 0.6) is 0 Å². The molecule has 0 spiro atoms. The van der Waals surface area contributed by atoms with Crippen LogP contribution in [-0.2, 0) is 14.3 Å². The summed E-state index contributed by atoms with van der Waals surface area (Å²) in [5.41, 5.74) is 0. The van der Waals surface area contributed by atoms with Gasteiger partial charge in [-0.05, 0) is 83.5 Å². The molecule has 1 amide bonds. The van der Waals surface area contributed by atoms with Crippen molar-refractivity contribution in [2.24, 2.45) is 0 Å². The average molecular weight is 1010 g/mol. The molecule has 0 heterocycles. The molecule has 72 heavy (non-hydrogen) atoms. The normalized spacial score (nSPS) is 12.8. The van der Waals surface area contributed by atoms with Crippen LogP contribution in [-0.4, -0.2) is 47.4 Å². The van der Waals surface area contributed by atoms with Gasteiger partial charge in [-0.3, -0.25) is 9.59 Å². The number of unbranched alkanes of at least 4 members (excludes halogenated alkanes) is 45. The average Bonchev–Trinajstić information content (AvgIpc) is 3.38.